The van der Waals surface area contributed by atoms with Crippen LogP contribution in [0.5, 0.6) is 5.75 Å². The molecule has 1 amide bonds. The molecule has 0 spiro atoms. The van der Waals surface area contributed by atoms with E-state index in [1.807, 2.05) is 26.8 Å². The Balaban J connectivity index is -0.000000511. The Bertz CT molecular complexity index is 872. The minimum atomic E-state index is -0.565. The molecule has 1 atom stereocenters. The predicted octanol–water partition coefficient (Wildman–Crippen LogP) is 11.0. The van der Waals surface area contributed by atoms with Gasteiger partial charge in [0.05, 0.1) is 5.02 Å². The molecule has 1 aliphatic carbocycles. The standard InChI is InChI=1S/C13H13ClFNO2.C8H10.C5H12.C3H8.C3H6.C2H6/c1-8-4-9(5-8)16-13(17)7-18-10-2-3-11(14)12(15)6-10;1-7-3-5-8(2)6-4-7;1-3-5-4-2;2*1-3-2;1-2/h2-4,6,8H,5,7H2,1H3,(H,16,17);3-6H,1-2H3;3-5H2,1-2H3;3H2,1-2H3;3H,1H2,2H3;1-2H3. The highest BCUT2D eigenvalue weighted by atomic mass is 35.5. The Hall–Kier alpha value is -2.59. The van der Waals surface area contributed by atoms with Gasteiger partial charge in [-0.05, 0) is 45.2 Å². The molecule has 0 saturated heterocycles. The molecular weight excluding hydrogens is 509 g/mol. The third-order valence-electron chi connectivity index (χ3n) is 4.51. The second-order valence-electron chi connectivity index (χ2n) is 8.91. The van der Waals surface area contributed by atoms with E-state index < -0.39 is 5.82 Å². The van der Waals surface area contributed by atoms with Gasteiger partial charge in [0.1, 0.15) is 11.6 Å². The number of unbranched alkanes of at least 4 members (excludes halogenated alkanes) is 2. The first kappa shape index (κ1) is 40.9. The van der Waals surface area contributed by atoms with Crippen molar-refractivity contribution in [1.29, 1.82) is 0 Å². The molecule has 1 unspecified atom stereocenters. The number of aryl methyl sites for hydroxylation is 2. The van der Waals surface area contributed by atoms with Gasteiger partial charge in [-0.2, -0.15) is 0 Å². The van der Waals surface area contributed by atoms with Gasteiger partial charge in [0.15, 0.2) is 6.61 Å². The summed E-state index contributed by atoms with van der Waals surface area (Å²) in [6, 6.07) is 12.5. The van der Waals surface area contributed by atoms with Crippen LogP contribution in [0.1, 0.15) is 98.6 Å². The maximum atomic E-state index is 13.1. The van der Waals surface area contributed by atoms with Crippen molar-refractivity contribution in [3.63, 3.8) is 0 Å². The molecule has 5 heteroatoms. The number of nitrogens with one attached hydrogen (secondary N) is 1. The number of hydrogen-bond donors (Lipinski definition) is 1. The number of halogens is 2. The molecule has 0 saturated carbocycles. The molecule has 222 valence electrons. The van der Waals surface area contributed by atoms with E-state index in [9.17, 15) is 9.18 Å². The van der Waals surface area contributed by atoms with E-state index in [0.29, 0.717) is 5.92 Å². The highest BCUT2D eigenvalue weighted by molar-refractivity contribution is 6.30. The minimum absolute atomic E-state index is 0.0282. The van der Waals surface area contributed by atoms with Gasteiger partial charge in [0.2, 0.25) is 0 Å². The average Bonchev–Trinajstić information content (AvgIpc) is 2.89. The lowest BCUT2D eigenvalue weighted by molar-refractivity contribution is -0.122. The number of carbonyl (C=O) groups is 1. The lowest BCUT2D eigenvalue weighted by Gasteiger charge is -2.22. The fourth-order valence-corrected chi connectivity index (χ4v) is 2.79. The first-order valence-corrected chi connectivity index (χ1v) is 14.6. The maximum Gasteiger partial charge on any atom is 0.262 e. The third kappa shape index (κ3) is 25.4. The van der Waals surface area contributed by atoms with Crippen LogP contribution in [0.25, 0.3) is 0 Å². The molecule has 2 aromatic carbocycles. The lowest BCUT2D eigenvalue weighted by atomic mass is 9.93. The van der Waals surface area contributed by atoms with Crippen LogP contribution in [-0.4, -0.2) is 12.5 Å². The van der Waals surface area contributed by atoms with E-state index in [1.54, 1.807) is 6.08 Å². The Morgan fingerprint density at radius 1 is 1.05 bits per heavy atom. The molecule has 1 N–H and O–H groups in total. The topological polar surface area (TPSA) is 38.3 Å². The summed E-state index contributed by atoms with van der Waals surface area (Å²) in [5.41, 5.74) is 3.57. The van der Waals surface area contributed by atoms with Crippen LogP contribution in [0, 0.1) is 25.6 Å². The van der Waals surface area contributed by atoms with Crippen molar-refractivity contribution >= 4 is 17.5 Å². The van der Waals surface area contributed by atoms with Crippen LogP contribution in [0.4, 0.5) is 4.39 Å². The first-order valence-electron chi connectivity index (χ1n) is 14.3. The van der Waals surface area contributed by atoms with Gasteiger partial charge in [-0.15, -0.1) is 6.58 Å². The number of rotatable bonds is 6. The van der Waals surface area contributed by atoms with E-state index in [2.05, 4.69) is 84.6 Å². The van der Waals surface area contributed by atoms with Crippen LogP contribution in [0.2, 0.25) is 5.02 Å². The normalized spacial score (nSPS) is 12.1. The molecule has 1 aliphatic rings. The molecule has 2 aromatic rings. The molecule has 0 aliphatic heterocycles. The number of amides is 1. The summed E-state index contributed by atoms with van der Waals surface area (Å²) in [4.78, 5) is 11.5. The van der Waals surface area contributed by atoms with E-state index in [0.717, 1.165) is 18.2 Å². The highest BCUT2D eigenvalue weighted by Gasteiger charge is 2.16. The molecule has 0 bridgehead atoms. The zero-order valence-electron chi connectivity index (χ0n) is 26.3. The Morgan fingerprint density at radius 2 is 1.49 bits per heavy atom. The zero-order valence-corrected chi connectivity index (χ0v) is 27.1. The van der Waals surface area contributed by atoms with Crippen LogP contribution in [-0.2, 0) is 4.79 Å². The highest BCUT2D eigenvalue weighted by Crippen LogP contribution is 2.22. The average molecular weight is 564 g/mol. The summed E-state index contributed by atoms with van der Waals surface area (Å²) in [7, 11) is 0. The summed E-state index contributed by atoms with van der Waals surface area (Å²) >= 11 is 5.53. The second-order valence-corrected chi connectivity index (χ2v) is 9.32. The summed E-state index contributed by atoms with van der Waals surface area (Å²) in [5.74, 6) is -0.0109. The fraction of sp³-hybridized carbons (Fsp3) is 0.500. The van der Waals surface area contributed by atoms with Gasteiger partial charge >= 0.3 is 0 Å². The molecule has 0 heterocycles. The molecular formula is C34H55ClFNO2. The van der Waals surface area contributed by atoms with E-state index in [1.165, 1.54) is 48.9 Å². The number of allylic oxidation sites excluding steroid dienone is 3. The number of ether oxygens (including phenoxy) is 1. The van der Waals surface area contributed by atoms with Crippen LogP contribution in [0.15, 0.2) is 66.9 Å². The number of benzene rings is 2. The Labute approximate surface area is 244 Å². The molecule has 0 fully saturated rings. The molecule has 39 heavy (non-hydrogen) atoms. The number of carbonyl (C=O) groups excluding carboxylic acids is 1. The van der Waals surface area contributed by atoms with E-state index in [-0.39, 0.29) is 23.3 Å². The van der Waals surface area contributed by atoms with Crippen molar-refractivity contribution in [3.8, 4) is 5.75 Å². The van der Waals surface area contributed by atoms with Crippen molar-refractivity contribution < 1.29 is 13.9 Å². The minimum Gasteiger partial charge on any atom is -0.484 e. The van der Waals surface area contributed by atoms with Gasteiger partial charge in [0, 0.05) is 11.8 Å². The molecule has 0 aromatic heterocycles. The van der Waals surface area contributed by atoms with Crippen molar-refractivity contribution in [1.82, 2.24) is 5.32 Å². The lowest BCUT2D eigenvalue weighted by Crippen LogP contribution is -2.32. The van der Waals surface area contributed by atoms with E-state index >= 15 is 0 Å². The Morgan fingerprint density at radius 3 is 1.82 bits per heavy atom. The maximum absolute atomic E-state index is 13.1. The van der Waals surface area contributed by atoms with Gasteiger partial charge in [-0.3, -0.25) is 4.79 Å². The van der Waals surface area contributed by atoms with Crippen LogP contribution < -0.4 is 10.1 Å². The SMILES string of the molecule is C=CC.CC.CC1C=C(NC(=O)COc2ccc(Cl)c(F)c2)C1.CCC.CCCCC.Cc1ccc(C)cc1. The summed E-state index contributed by atoms with van der Waals surface area (Å²) < 4.78 is 18.3. The molecule has 3 nitrogen and oxygen atoms in total. The van der Waals surface area contributed by atoms with Crippen molar-refractivity contribution in [2.45, 2.75) is 101 Å². The van der Waals surface area contributed by atoms with Crippen molar-refractivity contribution in [3.05, 3.63) is 88.9 Å². The first-order chi connectivity index (χ1) is 18.6. The van der Waals surface area contributed by atoms with Crippen molar-refractivity contribution in [2.75, 3.05) is 6.61 Å². The zero-order chi connectivity index (χ0) is 30.6. The Kier molecular flexibility index (Phi) is 29.8. The monoisotopic (exact) mass is 563 g/mol. The second kappa shape index (κ2) is 28.4. The quantitative estimate of drug-likeness (QED) is 0.355. The van der Waals surface area contributed by atoms with E-state index in [4.69, 9.17) is 16.3 Å². The molecule has 0 radical (unpaired) electrons. The van der Waals surface area contributed by atoms with Crippen LogP contribution >= 0.6 is 11.6 Å². The largest absolute Gasteiger partial charge is 0.484 e. The fourth-order valence-electron chi connectivity index (χ4n) is 2.67. The summed E-state index contributed by atoms with van der Waals surface area (Å²) in [6.45, 7) is 24.0. The van der Waals surface area contributed by atoms with Gasteiger partial charge in [0.25, 0.3) is 5.91 Å². The van der Waals surface area contributed by atoms with Gasteiger partial charge < -0.3 is 10.1 Å². The van der Waals surface area contributed by atoms with Crippen LogP contribution in [0.3, 0.4) is 0 Å². The third-order valence-corrected chi connectivity index (χ3v) is 4.82. The van der Waals surface area contributed by atoms with Crippen molar-refractivity contribution in [2.24, 2.45) is 5.92 Å². The predicted molar refractivity (Wildman–Crippen MR) is 171 cm³/mol. The summed E-state index contributed by atoms with van der Waals surface area (Å²) in [6.07, 6.45) is 9.94. The molecule has 3 rings (SSSR count). The summed E-state index contributed by atoms with van der Waals surface area (Å²) in [5, 5.41) is 2.75. The van der Waals surface area contributed by atoms with Gasteiger partial charge in [-0.25, -0.2) is 4.39 Å². The smallest absolute Gasteiger partial charge is 0.262 e. The van der Waals surface area contributed by atoms with Gasteiger partial charge in [-0.1, -0.05) is 133 Å². The number of hydrogen-bond acceptors (Lipinski definition) is 2.